The molecular weight excluding hydrogens is 580 g/mol. The number of pyridine rings is 1. The number of aryl methyl sites for hydroxylation is 1. The number of urea groups is 1. The van der Waals surface area contributed by atoms with E-state index in [0.717, 1.165) is 81.4 Å². The number of carbonyl (C=O) groups excluding carboxylic acids is 1. The first-order valence-corrected chi connectivity index (χ1v) is 17.3. The number of fused-ring (bicyclic) bond motifs is 5. The number of aromatic amines is 1. The van der Waals surface area contributed by atoms with Crippen LogP contribution in [-0.2, 0) is 33.5 Å². The number of piperidine rings is 1. The summed E-state index contributed by atoms with van der Waals surface area (Å²) in [6.07, 6.45) is 16.6. The van der Waals surface area contributed by atoms with Crippen molar-refractivity contribution in [3.8, 4) is 11.1 Å². The van der Waals surface area contributed by atoms with Gasteiger partial charge in [-0.15, -0.1) is 0 Å². The highest BCUT2D eigenvalue weighted by Crippen LogP contribution is 2.65. The fourth-order valence-electron chi connectivity index (χ4n) is 9.30. The zero-order valence-electron chi connectivity index (χ0n) is 26.8. The maximum atomic E-state index is 11.7. The number of nitrogens with one attached hydrogen (secondary N) is 1. The Morgan fingerprint density at radius 3 is 2.48 bits per heavy atom. The zero-order valence-corrected chi connectivity index (χ0v) is 26.8. The van der Waals surface area contributed by atoms with Crippen molar-refractivity contribution < 1.29 is 19.0 Å². The van der Waals surface area contributed by atoms with Crippen molar-refractivity contribution in [3.63, 3.8) is 0 Å². The average molecular weight is 625 g/mol. The van der Waals surface area contributed by atoms with Gasteiger partial charge >= 0.3 is 6.03 Å². The van der Waals surface area contributed by atoms with E-state index in [0.29, 0.717) is 12.5 Å². The second-order valence-electron chi connectivity index (χ2n) is 14.7. The van der Waals surface area contributed by atoms with E-state index < -0.39 is 0 Å². The number of rotatable bonds is 2. The van der Waals surface area contributed by atoms with Gasteiger partial charge in [0.2, 0.25) is 0 Å². The highest BCUT2D eigenvalue weighted by molar-refractivity contribution is 6.01. The van der Waals surface area contributed by atoms with Crippen LogP contribution in [0.15, 0.2) is 30.6 Å². The van der Waals surface area contributed by atoms with E-state index in [-0.39, 0.29) is 22.8 Å². The number of primary amides is 1. The first-order chi connectivity index (χ1) is 22.4. The molecule has 0 atom stereocenters. The minimum atomic E-state index is -0.302. The third-order valence-corrected chi connectivity index (χ3v) is 11.8. The minimum Gasteiger partial charge on any atom is -0.365 e. The summed E-state index contributed by atoms with van der Waals surface area (Å²) in [7, 11) is 1.99. The largest absolute Gasteiger partial charge is 0.365 e. The average Bonchev–Trinajstić information content (AvgIpc) is 3.32. The van der Waals surface area contributed by atoms with Crippen LogP contribution < -0.4 is 5.73 Å². The first-order valence-electron chi connectivity index (χ1n) is 17.3. The predicted octanol–water partition coefficient (Wildman–Crippen LogP) is 6.37. The Morgan fingerprint density at radius 1 is 1.00 bits per heavy atom. The SMILES string of the molecule is C1CCC2(CC1)OCCO2.Cn1ncc2cc(-c3c(C4CC4)[nH]c4ncc5c(c34)C3(CC4(CCN(C(N)=O)CC4)C3)OC5)ccc21. The van der Waals surface area contributed by atoms with Crippen LogP contribution in [-0.4, -0.2) is 62.8 Å². The van der Waals surface area contributed by atoms with E-state index in [4.69, 9.17) is 24.9 Å². The van der Waals surface area contributed by atoms with Gasteiger partial charge in [-0.3, -0.25) is 4.68 Å². The molecule has 3 aliphatic carbocycles. The topological polar surface area (TPSA) is 121 Å². The molecule has 3 aliphatic heterocycles. The summed E-state index contributed by atoms with van der Waals surface area (Å²) < 4.78 is 19.7. The molecule has 10 nitrogen and oxygen atoms in total. The highest BCUT2D eigenvalue weighted by Gasteiger charge is 2.60. The summed E-state index contributed by atoms with van der Waals surface area (Å²) in [4.78, 5) is 22.1. The number of aromatic nitrogens is 4. The van der Waals surface area contributed by atoms with E-state index in [1.54, 1.807) is 4.90 Å². The van der Waals surface area contributed by atoms with Gasteiger partial charge in [-0.1, -0.05) is 12.5 Å². The fourth-order valence-corrected chi connectivity index (χ4v) is 9.30. The third-order valence-electron chi connectivity index (χ3n) is 11.8. The molecule has 3 spiro atoms. The van der Waals surface area contributed by atoms with Gasteiger partial charge in [0, 0.05) is 72.3 Å². The molecule has 0 bridgehead atoms. The summed E-state index contributed by atoms with van der Waals surface area (Å²) in [6.45, 7) is 3.72. The lowest BCUT2D eigenvalue weighted by Crippen LogP contribution is -2.55. The van der Waals surface area contributed by atoms with Crippen molar-refractivity contribution in [3.05, 3.63) is 47.4 Å². The van der Waals surface area contributed by atoms with Crippen LogP contribution in [0, 0.1) is 5.41 Å². The van der Waals surface area contributed by atoms with Crippen LogP contribution in [0.1, 0.15) is 93.4 Å². The Balaban J connectivity index is 0.000000249. The van der Waals surface area contributed by atoms with Gasteiger partial charge in [-0.2, -0.15) is 5.10 Å². The van der Waals surface area contributed by atoms with E-state index >= 15 is 0 Å². The van der Waals surface area contributed by atoms with E-state index in [2.05, 4.69) is 28.3 Å². The number of nitrogens with zero attached hydrogens (tertiary/aromatic N) is 4. The highest BCUT2D eigenvalue weighted by atomic mass is 16.7. The lowest BCUT2D eigenvalue weighted by atomic mass is 9.53. The van der Waals surface area contributed by atoms with Crippen molar-refractivity contribution in [2.75, 3.05) is 26.3 Å². The lowest BCUT2D eigenvalue weighted by Gasteiger charge is -2.57. The number of carbonyl (C=O) groups is 1. The molecule has 0 unspecified atom stereocenters. The number of benzene rings is 1. The van der Waals surface area contributed by atoms with Gasteiger partial charge in [0.1, 0.15) is 5.65 Å². The number of hydrogen-bond acceptors (Lipinski definition) is 6. The molecular formula is C36H44N6O4. The molecule has 3 saturated carbocycles. The van der Waals surface area contributed by atoms with Gasteiger partial charge < -0.3 is 29.8 Å². The molecule has 3 aromatic heterocycles. The molecule has 10 rings (SSSR count). The Labute approximate surface area is 268 Å². The maximum Gasteiger partial charge on any atom is 0.314 e. The van der Waals surface area contributed by atoms with Crippen molar-refractivity contribution in [1.29, 1.82) is 0 Å². The number of hydrogen-bond donors (Lipinski definition) is 2. The lowest BCUT2D eigenvalue weighted by molar-refractivity contribution is -0.180. The smallest absolute Gasteiger partial charge is 0.314 e. The Hall–Kier alpha value is -3.47. The van der Waals surface area contributed by atoms with Crippen molar-refractivity contribution in [2.45, 2.75) is 94.5 Å². The second kappa shape index (κ2) is 10.5. The molecule has 5 fully saturated rings. The van der Waals surface area contributed by atoms with E-state index in [9.17, 15) is 4.79 Å². The molecule has 46 heavy (non-hydrogen) atoms. The van der Waals surface area contributed by atoms with Gasteiger partial charge in [0.15, 0.2) is 5.79 Å². The molecule has 4 aromatic rings. The van der Waals surface area contributed by atoms with E-state index in [1.165, 1.54) is 65.4 Å². The molecule has 3 N–H and O–H groups in total. The zero-order chi connectivity index (χ0) is 31.1. The summed E-state index contributed by atoms with van der Waals surface area (Å²) in [6, 6.07) is 6.40. The molecule has 2 amide bonds. The molecule has 1 aromatic carbocycles. The minimum absolute atomic E-state index is 0.127. The number of ether oxygens (including phenoxy) is 3. The van der Waals surface area contributed by atoms with Crippen LogP contribution >= 0.6 is 0 Å². The molecule has 0 radical (unpaired) electrons. The number of H-pyrrole nitrogens is 1. The van der Waals surface area contributed by atoms with Crippen molar-refractivity contribution in [2.24, 2.45) is 18.2 Å². The standard InChI is InChI=1S/C28H30N6O2.C8H14O2/c1-33-20-5-4-17(10-18(20)12-31-33)21-22-23-19(11-30-25(22)32-24(21)16-2-3-16)13-36-28(23)14-27(15-28)6-8-34(9-7-27)26(29)35;1-2-4-8(5-3-1)9-6-7-10-8/h4-5,10-12,16H,2-3,6-9,13-15H2,1H3,(H2,29,35)(H,30,32);1-7H2. The van der Waals surface area contributed by atoms with Crippen LogP contribution in [0.2, 0.25) is 0 Å². The van der Waals surface area contributed by atoms with Crippen molar-refractivity contribution >= 4 is 28.0 Å². The summed E-state index contributed by atoms with van der Waals surface area (Å²) in [5.74, 6) is 0.441. The van der Waals surface area contributed by atoms with Crippen LogP contribution in [0.5, 0.6) is 0 Å². The van der Waals surface area contributed by atoms with Gasteiger partial charge in [-0.05, 0) is 80.4 Å². The maximum absolute atomic E-state index is 11.7. The van der Waals surface area contributed by atoms with E-state index in [1.807, 2.05) is 24.1 Å². The quantitative estimate of drug-likeness (QED) is 0.268. The monoisotopic (exact) mass is 624 g/mol. The molecule has 6 aliphatic rings. The first kappa shape index (κ1) is 28.7. The Kier molecular flexibility index (Phi) is 6.57. The van der Waals surface area contributed by atoms with Gasteiger partial charge in [-0.25, -0.2) is 9.78 Å². The van der Waals surface area contributed by atoms with Gasteiger partial charge in [0.05, 0.1) is 37.1 Å². The summed E-state index contributed by atoms with van der Waals surface area (Å²) >= 11 is 0. The number of nitrogens with two attached hydrogens (primary N) is 1. The Bertz CT molecular complexity index is 1810. The summed E-state index contributed by atoms with van der Waals surface area (Å²) in [5.41, 5.74) is 14.0. The second-order valence-corrected chi connectivity index (χ2v) is 14.7. The Morgan fingerprint density at radius 2 is 1.76 bits per heavy atom. The predicted molar refractivity (Wildman–Crippen MR) is 174 cm³/mol. The molecule has 242 valence electrons. The van der Waals surface area contributed by atoms with Crippen molar-refractivity contribution in [1.82, 2.24) is 24.6 Å². The normalized spacial score (nSPS) is 24.0. The van der Waals surface area contributed by atoms with Crippen LogP contribution in [0.4, 0.5) is 4.79 Å². The molecule has 6 heterocycles. The molecule has 10 heteroatoms. The molecule has 2 saturated heterocycles. The van der Waals surface area contributed by atoms with Crippen LogP contribution in [0.25, 0.3) is 33.1 Å². The fraction of sp³-hybridized carbons (Fsp3) is 0.583. The third kappa shape index (κ3) is 4.58. The van der Waals surface area contributed by atoms with Gasteiger partial charge in [0.25, 0.3) is 0 Å². The number of likely N-dealkylation sites (tertiary alicyclic amines) is 1. The van der Waals surface area contributed by atoms with Crippen LogP contribution in [0.3, 0.4) is 0 Å². The summed E-state index contributed by atoms with van der Waals surface area (Å²) in [5, 5.41) is 6.87. The number of amides is 2.